The van der Waals surface area contributed by atoms with Gasteiger partial charge in [0.1, 0.15) is 12.2 Å². The third-order valence-corrected chi connectivity index (χ3v) is 2.81. The van der Waals surface area contributed by atoms with E-state index in [0.29, 0.717) is 6.42 Å². The van der Waals surface area contributed by atoms with Crippen LogP contribution in [0.2, 0.25) is 0 Å². The van der Waals surface area contributed by atoms with Gasteiger partial charge in [-0.1, -0.05) is 0 Å². The molecule has 0 bridgehead atoms. The van der Waals surface area contributed by atoms with Gasteiger partial charge >= 0.3 is 0 Å². The lowest BCUT2D eigenvalue weighted by Gasteiger charge is -2.15. The SMILES string of the molecule is CC(C)n1ncnc1CC(NN)c1cn(C)cn1. The minimum atomic E-state index is -0.0621. The zero-order chi connectivity index (χ0) is 13.1. The molecule has 2 aromatic rings. The van der Waals surface area contributed by atoms with E-state index >= 15 is 0 Å². The molecule has 2 heterocycles. The fraction of sp³-hybridized carbons (Fsp3) is 0.545. The lowest BCUT2D eigenvalue weighted by molar-refractivity contribution is 0.464. The molecule has 2 rings (SSSR count). The van der Waals surface area contributed by atoms with E-state index in [4.69, 9.17) is 5.84 Å². The third-order valence-electron chi connectivity index (χ3n) is 2.81. The molecule has 0 aliphatic carbocycles. The fourth-order valence-electron chi connectivity index (χ4n) is 1.90. The Morgan fingerprint density at radius 1 is 1.39 bits per heavy atom. The molecule has 0 spiro atoms. The number of nitrogens with one attached hydrogen (secondary N) is 1. The topological polar surface area (TPSA) is 86.6 Å². The summed E-state index contributed by atoms with van der Waals surface area (Å²) in [6, 6.07) is 0.220. The Bertz CT molecular complexity index is 499. The van der Waals surface area contributed by atoms with Gasteiger partial charge in [-0.3, -0.25) is 11.3 Å². The monoisotopic (exact) mass is 249 g/mol. The van der Waals surface area contributed by atoms with Crippen LogP contribution in [0.25, 0.3) is 0 Å². The first-order valence-corrected chi connectivity index (χ1v) is 5.94. The maximum absolute atomic E-state index is 5.60. The second-order valence-corrected chi connectivity index (χ2v) is 4.60. The minimum Gasteiger partial charge on any atom is -0.340 e. The molecule has 0 aliphatic rings. The van der Waals surface area contributed by atoms with Gasteiger partial charge in [-0.15, -0.1) is 0 Å². The molecule has 7 nitrogen and oxygen atoms in total. The first-order chi connectivity index (χ1) is 8.61. The Morgan fingerprint density at radius 2 is 2.17 bits per heavy atom. The molecule has 98 valence electrons. The van der Waals surface area contributed by atoms with Crippen molar-refractivity contribution in [1.82, 2.24) is 29.7 Å². The van der Waals surface area contributed by atoms with E-state index in [2.05, 4.69) is 34.3 Å². The molecule has 2 aromatic heterocycles. The summed E-state index contributed by atoms with van der Waals surface area (Å²) in [7, 11) is 1.93. The highest BCUT2D eigenvalue weighted by molar-refractivity contribution is 5.06. The van der Waals surface area contributed by atoms with Gasteiger partial charge in [0, 0.05) is 25.7 Å². The van der Waals surface area contributed by atoms with E-state index in [0.717, 1.165) is 11.5 Å². The van der Waals surface area contributed by atoms with Crippen molar-refractivity contribution in [3.05, 3.63) is 30.4 Å². The largest absolute Gasteiger partial charge is 0.340 e. The van der Waals surface area contributed by atoms with Crippen LogP contribution in [0.1, 0.15) is 37.4 Å². The van der Waals surface area contributed by atoms with Crippen molar-refractivity contribution in [3.8, 4) is 0 Å². The average molecular weight is 249 g/mol. The molecular weight excluding hydrogens is 230 g/mol. The smallest absolute Gasteiger partial charge is 0.138 e. The Labute approximate surface area is 106 Å². The van der Waals surface area contributed by atoms with Crippen LogP contribution in [0.3, 0.4) is 0 Å². The number of hydrogen-bond donors (Lipinski definition) is 2. The lowest BCUT2D eigenvalue weighted by Crippen LogP contribution is -2.31. The van der Waals surface area contributed by atoms with Gasteiger partial charge in [-0.2, -0.15) is 5.10 Å². The van der Waals surface area contributed by atoms with Crippen LogP contribution in [0.4, 0.5) is 0 Å². The number of imidazole rings is 1. The quantitative estimate of drug-likeness (QED) is 0.589. The van der Waals surface area contributed by atoms with Crippen molar-refractivity contribution in [2.24, 2.45) is 12.9 Å². The predicted octanol–water partition coefficient (Wildman–Crippen LogP) is 0.340. The molecular formula is C11H19N7. The summed E-state index contributed by atoms with van der Waals surface area (Å²) in [5.41, 5.74) is 3.68. The van der Waals surface area contributed by atoms with E-state index < -0.39 is 0 Å². The summed E-state index contributed by atoms with van der Waals surface area (Å²) in [4.78, 5) is 8.58. The molecule has 0 aliphatic heterocycles. The lowest BCUT2D eigenvalue weighted by atomic mass is 10.1. The van der Waals surface area contributed by atoms with E-state index in [9.17, 15) is 0 Å². The third kappa shape index (κ3) is 2.57. The highest BCUT2D eigenvalue weighted by Gasteiger charge is 2.17. The standard InChI is InChI=1S/C11H19N7/c1-8(2)18-11(13-6-15-18)4-9(16-12)10-5-17(3)7-14-10/h5-9,16H,4,12H2,1-3H3. The van der Waals surface area contributed by atoms with Gasteiger partial charge in [0.15, 0.2) is 0 Å². The van der Waals surface area contributed by atoms with E-state index in [-0.39, 0.29) is 12.1 Å². The summed E-state index contributed by atoms with van der Waals surface area (Å²) in [6.45, 7) is 4.15. The number of hydrogen-bond acceptors (Lipinski definition) is 5. The van der Waals surface area contributed by atoms with Crippen LogP contribution in [-0.4, -0.2) is 24.3 Å². The number of hydrazine groups is 1. The molecule has 18 heavy (non-hydrogen) atoms. The number of aryl methyl sites for hydroxylation is 1. The molecule has 0 radical (unpaired) electrons. The number of nitrogens with two attached hydrogens (primary N) is 1. The Kier molecular flexibility index (Phi) is 3.73. The zero-order valence-corrected chi connectivity index (χ0v) is 10.9. The molecule has 0 saturated carbocycles. The second-order valence-electron chi connectivity index (χ2n) is 4.60. The average Bonchev–Trinajstić information content (AvgIpc) is 2.94. The molecule has 0 saturated heterocycles. The summed E-state index contributed by atoms with van der Waals surface area (Å²) >= 11 is 0. The van der Waals surface area contributed by atoms with Crippen molar-refractivity contribution < 1.29 is 0 Å². The summed E-state index contributed by atoms with van der Waals surface area (Å²) in [6.07, 6.45) is 5.93. The van der Waals surface area contributed by atoms with Crippen molar-refractivity contribution >= 4 is 0 Å². The molecule has 0 fully saturated rings. The summed E-state index contributed by atoms with van der Waals surface area (Å²) in [5, 5.41) is 4.21. The molecule has 7 heteroatoms. The number of rotatable bonds is 5. The van der Waals surface area contributed by atoms with Crippen molar-refractivity contribution in [2.45, 2.75) is 32.4 Å². The molecule has 1 unspecified atom stereocenters. The van der Waals surface area contributed by atoms with Crippen LogP contribution < -0.4 is 11.3 Å². The molecule has 0 aromatic carbocycles. The highest BCUT2D eigenvalue weighted by atomic mass is 15.3. The maximum atomic E-state index is 5.60. The normalized spacial score (nSPS) is 13.2. The van der Waals surface area contributed by atoms with Gasteiger partial charge in [0.25, 0.3) is 0 Å². The van der Waals surface area contributed by atoms with Crippen LogP contribution in [-0.2, 0) is 13.5 Å². The van der Waals surface area contributed by atoms with Gasteiger partial charge in [0.2, 0.25) is 0 Å². The van der Waals surface area contributed by atoms with Crippen LogP contribution in [0.15, 0.2) is 18.9 Å². The van der Waals surface area contributed by atoms with Gasteiger partial charge in [-0.05, 0) is 13.8 Å². The van der Waals surface area contributed by atoms with Crippen LogP contribution >= 0.6 is 0 Å². The van der Waals surface area contributed by atoms with E-state index in [1.165, 1.54) is 0 Å². The first kappa shape index (κ1) is 12.7. The highest BCUT2D eigenvalue weighted by Crippen LogP contribution is 2.16. The number of nitrogens with zero attached hydrogens (tertiary/aromatic N) is 5. The maximum Gasteiger partial charge on any atom is 0.138 e. The predicted molar refractivity (Wildman–Crippen MR) is 67.4 cm³/mol. The van der Waals surface area contributed by atoms with Crippen molar-refractivity contribution in [2.75, 3.05) is 0 Å². The van der Waals surface area contributed by atoms with Crippen molar-refractivity contribution in [3.63, 3.8) is 0 Å². The number of aromatic nitrogens is 5. The van der Waals surface area contributed by atoms with Crippen molar-refractivity contribution in [1.29, 1.82) is 0 Å². The minimum absolute atomic E-state index is 0.0621. The second kappa shape index (κ2) is 5.28. The fourth-order valence-corrected chi connectivity index (χ4v) is 1.90. The zero-order valence-electron chi connectivity index (χ0n) is 10.9. The Hall–Kier alpha value is -1.73. The van der Waals surface area contributed by atoms with Gasteiger partial charge < -0.3 is 4.57 Å². The van der Waals surface area contributed by atoms with Crippen LogP contribution in [0, 0.1) is 0 Å². The molecule has 3 N–H and O–H groups in total. The van der Waals surface area contributed by atoms with E-state index in [1.54, 1.807) is 12.7 Å². The molecule has 0 amide bonds. The summed E-state index contributed by atoms with van der Waals surface area (Å²) in [5.74, 6) is 6.50. The Morgan fingerprint density at radius 3 is 2.72 bits per heavy atom. The van der Waals surface area contributed by atoms with Gasteiger partial charge in [-0.25, -0.2) is 14.6 Å². The van der Waals surface area contributed by atoms with E-state index in [1.807, 2.05) is 22.5 Å². The van der Waals surface area contributed by atoms with Crippen LogP contribution in [0.5, 0.6) is 0 Å². The summed E-state index contributed by atoms with van der Waals surface area (Å²) < 4.78 is 3.79. The first-order valence-electron chi connectivity index (χ1n) is 5.94. The molecule has 1 atom stereocenters. The van der Waals surface area contributed by atoms with Gasteiger partial charge in [0.05, 0.1) is 18.1 Å². The Balaban J connectivity index is 2.18.